The number of esters is 1. The highest BCUT2D eigenvalue weighted by atomic mass is 16.6. The second-order valence-electron chi connectivity index (χ2n) is 4.49. The highest BCUT2D eigenvalue weighted by Crippen LogP contribution is 2.32. The number of nitro groups is 1. The van der Waals surface area contributed by atoms with Gasteiger partial charge >= 0.3 is 11.7 Å². The summed E-state index contributed by atoms with van der Waals surface area (Å²) in [6.45, 7) is 3.95. The summed E-state index contributed by atoms with van der Waals surface area (Å²) < 4.78 is 10.1. The van der Waals surface area contributed by atoms with Crippen LogP contribution in [-0.4, -0.2) is 34.1 Å². The van der Waals surface area contributed by atoms with Crippen molar-refractivity contribution in [2.45, 2.75) is 13.8 Å². The van der Waals surface area contributed by atoms with Crippen molar-refractivity contribution in [1.82, 2.24) is 9.97 Å². The first kappa shape index (κ1) is 17.1. The predicted molar refractivity (Wildman–Crippen MR) is 85.5 cm³/mol. The number of aromatic nitrogens is 2. The average molecular weight is 332 g/mol. The lowest BCUT2D eigenvalue weighted by molar-refractivity contribution is -0.385. The van der Waals surface area contributed by atoms with E-state index in [1.807, 2.05) is 0 Å². The maximum atomic E-state index is 11.6. The van der Waals surface area contributed by atoms with Crippen molar-refractivity contribution in [1.29, 1.82) is 0 Å². The van der Waals surface area contributed by atoms with E-state index in [1.54, 1.807) is 38.1 Å². The van der Waals surface area contributed by atoms with Crippen LogP contribution >= 0.6 is 0 Å². The third kappa shape index (κ3) is 3.94. The molecule has 1 N–H and O–H groups in total. The molecule has 0 amide bonds. The summed E-state index contributed by atoms with van der Waals surface area (Å²) in [4.78, 5) is 29.9. The summed E-state index contributed by atoms with van der Waals surface area (Å²) in [7, 11) is 0. The standard InChI is InChI=1S/C15H16N4O5/c1-3-23-14-12(19(21)22)13(16-9-17-14)18-11-7-5-10(6-8-11)15(20)24-4-2/h5-9H,3-4H2,1-2H3,(H,16,17,18). The molecular formula is C15H16N4O5. The smallest absolute Gasteiger partial charge is 0.373 e. The summed E-state index contributed by atoms with van der Waals surface area (Å²) in [5.41, 5.74) is 0.552. The fourth-order valence-electron chi connectivity index (χ4n) is 1.90. The zero-order chi connectivity index (χ0) is 17.5. The van der Waals surface area contributed by atoms with E-state index < -0.39 is 10.9 Å². The summed E-state index contributed by atoms with van der Waals surface area (Å²) in [5.74, 6) is -0.541. The highest BCUT2D eigenvalue weighted by molar-refractivity contribution is 5.90. The van der Waals surface area contributed by atoms with Crippen molar-refractivity contribution >= 4 is 23.2 Å². The van der Waals surface area contributed by atoms with Gasteiger partial charge in [-0.15, -0.1) is 0 Å². The lowest BCUT2D eigenvalue weighted by Crippen LogP contribution is -2.06. The molecule has 9 nitrogen and oxygen atoms in total. The van der Waals surface area contributed by atoms with Crippen LogP contribution < -0.4 is 10.1 Å². The molecule has 24 heavy (non-hydrogen) atoms. The van der Waals surface area contributed by atoms with Gasteiger partial charge in [0.25, 0.3) is 5.88 Å². The molecular weight excluding hydrogens is 316 g/mol. The molecule has 0 fully saturated rings. The molecule has 0 unspecified atom stereocenters. The molecule has 0 bridgehead atoms. The molecule has 0 radical (unpaired) electrons. The summed E-state index contributed by atoms with van der Waals surface area (Å²) in [6.07, 6.45) is 1.17. The van der Waals surface area contributed by atoms with Gasteiger partial charge in [-0.1, -0.05) is 0 Å². The highest BCUT2D eigenvalue weighted by Gasteiger charge is 2.24. The Balaban J connectivity index is 2.26. The van der Waals surface area contributed by atoms with Crippen molar-refractivity contribution < 1.29 is 19.2 Å². The van der Waals surface area contributed by atoms with Crippen LogP contribution in [0.2, 0.25) is 0 Å². The maximum Gasteiger partial charge on any atom is 0.373 e. The number of anilines is 2. The third-order valence-corrected chi connectivity index (χ3v) is 2.91. The van der Waals surface area contributed by atoms with E-state index in [0.717, 1.165) is 0 Å². The predicted octanol–water partition coefficient (Wildman–Crippen LogP) is 2.70. The zero-order valence-electron chi connectivity index (χ0n) is 13.2. The second-order valence-corrected chi connectivity index (χ2v) is 4.49. The first-order valence-electron chi connectivity index (χ1n) is 7.23. The van der Waals surface area contributed by atoms with Gasteiger partial charge in [0.05, 0.1) is 23.7 Å². The van der Waals surface area contributed by atoms with Gasteiger partial charge in [0.15, 0.2) is 0 Å². The van der Waals surface area contributed by atoms with E-state index in [2.05, 4.69) is 15.3 Å². The molecule has 9 heteroatoms. The molecule has 0 atom stereocenters. The first-order chi connectivity index (χ1) is 11.6. The maximum absolute atomic E-state index is 11.6. The number of hydrogen-bond acceptors (Lipinski definition) is 8. The molecule has 0 aliphatic carbocycles. The molecule has 0 spiro atoms. The first-order valence-corrected chi connectivity index (χ1v) is 7.23. The van der Waals surface area contributed by atoms with Gasteiger partial charge in [-0.3, -0.25) is 10.1 Å². The van der Waals surface area contributed by atoms with Crippen molar-refractivity contribution in [3.8, 4) is 5.88 Å². The largest absolute Gasteiger partial charge is 0.473 e. The molecule has 1 aromatic carbocycles. The van der Waals surface area contributed by atoms with E-state index in [9.17, 15) is 14.9 Å². The molecule has 0 saturated heterocycles. The van der Waals surface area contributed by atoms with Crippen LogP contribution in [-0.2, 0) is 4.74 Å². The Labute approximate surface area is 137 Å². The molecule has 1 aromatic heterocycles. The van der Waals surface area contributed by atoms with E-state index >= 15 is 0 Å². The minimum absolute atomic E-state index is 0.00216. The Bertz CT molecular complexity index is 733. The Morgan fingerprint density at radius 3 is 2.50 bits per heavy atom. The van der Waals surface area contributed by atoms with Gasteiger partial charge < -0.3 is 14.8 Å². The number of rotatable bonds is 7. The Kier molecular flexibility index (Phi) is 5.61. The molecule has 2 rings (SSSR count). The minimum atomic E-state index is -0.611. The summed E-state index contributed by atoms with van der Waals surface area (Å²) >= 11 is 0. The lowest BCUT2D eigenvalue weighted by atomic mass is 10.2. The quantitative estimate of drug-likeness (QED) is 0.467. The van der Waals surface area contributed by atoms with Crippen LogP contribution in [0.3, 0.4) is 0 Å². The molecule has 1 heterocycles. The Morgan fingerprint density at radius 2 is 1.92 bits per heavy atom. The van der Waals surface area contributed by atoms with Crippen molar-refractivity contribution in [3.05, 3.63) is 46.3 Å². The number of hydrogen-bond donors (Lipinski definition) is 1. The number of benzene rings is 1. The third-order valence-electron chi connectivity index (χ3n) is 2.91. The monoisotopic (exact) mass is 332 g/mol. The van der Waals surface area contributed by atoms with Crippen LogP contribution in [0, 0.1) is 10.1 Å². The SMILES string of the molecule is CCOC(=O)c1ccc(Nc2ncnc(OCC)c2[N+](=O)[O-])cc1. The van der Waals surface area contributed by atoms with Crippen LogP contribution in [0.4, 0.5) is 17.2 Å². The van der Waals surface area contributed by atoms with Crippen molar-refractivity contribution in [2.24, 2.45) is 0 Å². The Hall–Kier alpha value is -3.23. The van der Waals surface area contributed by atoms with Gasteiger partial charge in [-0.05, 0) is 38.1 Å². The number of nitrogens with zero attached hydrogens (tertiary/aromatic N) is 3. The van der Waals surface area contributed by atoms with E-state index in [0.29, 0.717) is 11.3 Å². The van der Waals surface area contributed by atoms with Crippen LogP contribution in [0.5, 0.6) is 5.88 Å². The fourth-order valence-corrected chi connectivity index (χ4v) is 1.90. The Morgan fingerprint density at radius 1 is 1.21 bits per heavy atom. The van der Waals surface area contributed by atoms with Gasteiger partial charge in [0.2, 0.25) is 5.82 Å². The average Bonchev–Trinajstić information content (AvgIpc) is 2.56. The fraction of sp³-hybridized carbons (Fsp3) is 0.267. The molecule has 0 aliphatic rings. The molecule has 126 valence electrons. The molecule has 0 saturated carbocycles. The number of carbonyl (C=O) groups excluding carboxylic acids is 1. The lowest BCUT2D eigenvalue weighted by Gasteiger charge is -2.09. The number of nitrogens with one attached hydrogen (secondary N) is 1. The van der Waals surface area contributed by atoms with Gasteiger partial charge in [0, 0.05) is 5.69 Å². The van der Waals surface area contributed by atoms with Gasteiger partial charge in [0.1, 0.15) is 6.33 Å². The minimum Gasteiger partial charge on any atom is -0.473 e. The van der Waals surface area contributed by atoms with Crippen molar-refractivity contribution in [3.63, 3.8) is 0 Å². The topological polar surface area (TPSA) is 116 Å². The van der Waals surface area contributed by atoms with Gasteiger partial charge in [-0.25, -0.2) is 9.78 Å². The summed E-state index contributed by atoms with van der Waals surface area (Å²) in [6, 6.07) is 6.30. The number of carbonyl (C=O) groups is 1. The van der Waals surface area contributed by atoms with E-state index in [1.165, 1.54) is 6.33 Å². The zero-order valence-corrected chi connectivity index (χ0v) is 13.2. The normalized spacial score (nSPS) is 10.1. The van der Waals surface area contributed by atoms with Crippen LogP contribution in [0.25, 0.3) is 0 Å². The summed E-state index contributed by atoms with van der Waals surface area (Å²) in [5, 5.41) is 14.1. The molecule has 2 aromatic rings. The van der Waals surface area contributed by atoms with Gasteiger partial charge in [-0.2, -0.15) is 4.98 Å². The van der Waals surface area contributed by atoms with Crippen molar-refractivity contribution in [2.75, 3.05) is 18.5 Å². The second kappa shape index (κ2) is 7.86. The van der Waals surface area contributed by atoms with Crippen LogP contribution in [0.15, 0.2) is 30.6 Å². The molecule has 0 aliphatic heterocycles. The van der Waals surface area contributed by atoms with Crippen LogP contribution in [0.1, 0.15) is 24.2 Å². The van der Waals surface area contributed by atoms with E-state index in [-0.39, 0.29) is 30.6 Å². The van der Waals surface area contributed by atoms with E-state index in [4.69, 9.17) is 9.47 Å². The number of ether oxygens (including phenoxy) is 2.